The van der Waals surface area contributed by atoms with Gasteiger partial charge < -0.3 is 15.2 Å². The van der Waals surface area contributed by atoms with E-state index in [0.29, 0.717) is 22.3 Å². The average molecular weight is 320 g/mol. The molecule has 1 fully saturated rings. The van der Waals surface area contributed by atoms with Gasteiger partial charge in [-0.15, -0.1) is 0 Å². The first-order valence-electron chi connectivity index (χ1n) is 7.37. The fourth-order valence-electron chi connectivity index (χ4n) is 2.75. The smallest absolute Gasteiger partial charge is 0.187 e. The summed E-state index contributed by atoms with van der Waals surface area (Å²) in [5.41, 5.74) is 0. The maximum atomic E-state index is 9.43. The van der Waals surface area contributed by atoms with E-state index in [4.69, 9.17) is 16.3 Å². The molecule has 1 aromatic heterocycles. The van der Waals surface area contributed by atoms with Gasteiger partial charge in [0.15, 0.2) is 11.6 Å². The molecule has 5 nitrogen and oxygen atoms in total. The van der Waals surface area contributed by atoms with Gasteiger partial charge in [0.2, 0.25) is 0 Å². The van der Waals surface area contributed by atoms with Crippen LogP contribution >= 0.6 is 11.6 Å². The van der Waals surface area contributed by atoms with Crippen molar-refractivity contribution in [1.82, 2.24) is 9.97 Å². The quantitative estimate of drug-likeness (QED) is 0.883. The van der Waals surface area contributed by atoms with E-state index in [2.05, 4.69) is 15.3 Å². The predicted octanol–water partition coefficient (Wildman–Crippen LogP) is 3.50. The molecule has 2 N–H and O–H groups in total. The van der Waals surface area contributed by atoms with Crippen molar-refractivity contribution in [3.05, 3.63) is 41.8 Å². The molecule has 116 valence electrons. The summed E-state index contributed by atoms with van der Waals surface area (Å²) in [5, 5.41) is 13.5. The van der Waals surface area contributed by atoms with Crippen LogP contribution in [0, 0.1) is 5.92 Å². The van der Waals surface area contributed by atoms with Crippen LogP contribution in [0.2, 0.25) is 5.02 Å². The molecule has 6 heteroatoms. The number of halogens is 1. The number of ether oxygens (including phenoxy) is 1. The van der Waals surface area contributed by atoms with E-state index in [9.17, 15) is 5.11 Å². The Hall–Kier alpha value is -1.85. The zero-order valence-electron chi connectivity index (χ0n) is 12.1. The van der Waals surface area contributed by atoms with Gasteiger partial charge in [-0.25, -0.2) is 9.97 Å². The molecule has 0 radical (unpaired) electrons. The summed E-state index contributed by atoms with van der Waals surface area (Å²) in [6.45, 7) is 0.191. The van der Waals surface area contributed by atoms with Gasteiger partial charge in [-0.1, -0.05) is 18.0 Å². The van der Waals surface area contributed by atoms with Crippen LogP contribution in [0.15, 0.2) is 36.8 Å². The Morgan fingerprint density at radius 2 is 2.09 bits per heavy atom. The Morgan fingerprint density at radius 3 is 2.86 bits per heavy atom. The minimum Gasteiger partial charge on any atom is -0.452 e. The van der Waals surface area contributed by atoms with Crippen molar-refractivity contribution in [2.24, 2.45) is 5.92 Å². The molecule has 0 amide bonds. The van der Waals surface area contributed by atoms with Crippen LogP contribution in [0.3, 0.4) is 0 Å². The van der Waals surface area contributed by atoms with Gasteiger partial charge in [-0.2, -0.15) is 0 Å². The number of hydrogen-bond donors (Lipinski definition) is 2. The number of benzene rings is 1. The van der Waals surface area contributed by atoms with Crippen molar-refractivity contribution in [1.29, 1.82) is 0 Å². The maximum absolute atomic E-state index is 9.43. The van der Waals surface area contributed by atoms with E-state index in [1.54, 1.807) is 30.5 Å². The molecule has 3 rings (SSSR count). The van der Waals surface area contributed by atoms with E-state index in [0.717, 1.165) is 19.3 Å². The summed E-state index contributed by atoms with van der Waals surface area (Å²) >= 11 is 5.88. The number of aliphatic hydroxyl groups excluding tert-OH is 1. The molecular formula is C16H18ClN3O2. The number of nitrogens with zero attached hydrogens (tertiary/aromatic N) is 2. The highest BCUT2D eigenvalue weighted by atomic mass is 35.5. The van der Waals surface area contributed by atoms with Crippen LogP contribution in [0.25, 0.3) is 0 Å². The molecule has 22 heavy (non-hydrogen) atoms. The molecule has 0 spiro atoms. The molecule has 0 unspecified atom stereocenters. The summed E-state index contributed by atoms with van der Waals surface area (Å²) in [7, 11) is 0. The molecular weight excluding hydrogens is 302 g/mol. The van der Waals surface area contributed by atoms with E-state index in [1.807, 2.05) is 0 Å². The Bertz CT molecular complexity index is 621. The lowest BCUT2D eigenvalue weighted by molar-refractivity contribution is 0.222. The Morgan fingerprint density at radius 1 is 1.27 bits per heavy atom. The SMILES string of the molecule is OC[C@@H]1CCC[C@H]1Nc1ncncc1Oc1ccc(Cl)cc1. The summed E-state index contributed by atoms with van der Waals surface area (Å²) < 4.78 is 5.84. The molecule has 1 aromatic carbocycles. The normalized spacial score (nSPS) is 20.8. The summed E-state index contributed by atoms with van der Waals surface area (Å²) in [6, 6.07) is 7.35. The number of aliphatic hydroxyl groups is 1. The van der Waals surface area contributed by atoms with Crippen LogP contribution in [-0.4, -0.2) is 27.7 Å². The predicted molar refractivity (Wildman–Crippen MR) is 85.4 cm³/mol. The van der Waals surface area contributed by atoms with Crippen LogP contribution < -0.4 is 10.1 Å². The summed E-state index contributed by atoms with van der Waals surface area (Å²) in [6.07, 6.45) is 6.29. The van der Waals surface area contributed by atoms with Crippen LogP contribution in [-0.2, 0) is 0 Å². The highest BCUT2D eigenvalue weighted by Crippen LogP contribution is 2.32. The highest BCUT2D eigenvalue weighted by molar-refractivity contribution is 6.30. The number of nitrogens with one attached hydrogen (secondary N) is 1. The standard InChI is InChI=1S/C16H18ClN3O2/c17-12-4-6-13(7-5-12)22-15-8-18-10-19-16(15)20-14-3-1-2-11(14)9-21/h4-8,10-11,14,21H,1-3,9H2,(H,18,19,20)/t11-,14+/m0/s1. The van der Waals surface area contributed by atoms with Crippen molar-refractivity contribution >= 4 is 17.4 Å². The molecule has 0 saturated heterocycles. The van der Waals surface area contributed by atoms with Crippen molar-refractivity contribution in [2.75, 3.05) is 11.9 Å². The zero-order valence-corrected chi connectivity index (χ0v) is 12.8. The van der Waals surface area contributed by atoms with Gasteiger partial charge >= 0.3 is 0 Å². The lowest BCUT2D eigenvalue weighted by Crippen LogP contribution is -2.27. The zero-order chi connectivity index (χ0) is 15.4. The van der Waals surface area contributed by atoms with Gasteiger partial charge in [-0.05, 0) is 37.1 Å². The number of aromatic nitrogens is 2. The lowest BCUT2D eigenvalue weighted by atomic mass is 10.1. The first-order valence-corrected chi connectivity index (χ1v) is 7.75. The molecule has 2 atom stereocenters. The average Bonchev–Trinajstić information content (AvgIpc) is 2.99. The van der Waals surface area contributed by atoms with Crippen LogP contribution in [0.4, 0.5) is 5.82 Å². The van der Waals surface area contributed by atoms with E-state index >= 15 is 0 Å². The van der Waals surface area contributed by atoms with Crippen molar-refractivity contribution in [3.63, 3.8) is 0 Å². The minimum absolute atomic E-state index is 0.191. The number of rotatable bonds is 5. The minimum atomic E-state index is 0.191. The largest absolute Gasteiger partial charge is 0.452 e. The monoisotopic (exact) mass is 319 g/mol. The number of hydrogen-bond acceptors (Lipinski definition) is 5. The van der Waals surface area contributed by atoms with Gasteiger partial charge in [0, 0.05) is 23.6 Å². The maximum Gasteiger partial charge on any atom is 0.187 e. The van der Waals surface area contributed by atoms with Gasteiger partial charge in [0.25, 0.3) is 0 Å². The molecule has 0 bridgehead atoms. The van der Waals surface area contributed by atoms with E-state index in [-0.39, 0.29) is 18.6 Å². The molecule has 1 aliphatic rings. The van der Waals surface area contributed by atoms with Crippen LogP contribution in [0.5, 0.6) is 11.5 Å². The van der Waals surface area contributed by atoms with E-state index < -0.39 is 0 Å². The molecule has 1 aliphatic carbocycles. The third kappa shape index (κ3) is 3.48. The number of anilines is 1. The Labute approximate surface area is 134 Å². The first-order chi connectivity index (χ1) is 10.8. The fraction of sp³-hybridized carbons (Fsp3) is 0.375. The van der Waals surface area contributed by atoms with Crippen molar-refractivity contribution in [3.8, 4) is 11.5 Å². The fourth-order valence-corrected chi connectivity index (χ4v) is 2.88. The van der Waals surface area contributed by atoms with Gasteiger partial charge in [0.1, 0.15) is 12.1 Å². The van der Waals surface area contributed by atoms with Crippen molar-refractivity contribution in [2.45, 2.75) is 25.3 Å². The molecule has 2 aromatic rings. The lowest BCUT2D eigenvalue weighted by Gasteiger charge is -2.20. The summed E-state index contributed by atoms with van der Waals surface area (Å²) in [4.78, 5) is 8.29. The Balaban J connectivity index is 1.76. The highest BCUT2D eigenvalue weighted by Gasteiger charge is 2.27. The van der Waals surface area contributed by atoms with E-state index in [1.165, 1.54) is 6.33 Å². The first kappa shape index (κ1) is 15.1. The second-order valence-electron chi connectivity index (χ2n) is 5.42. The topological polar surface area (TPSA) is 67.3 Å². The van der Waals surface area contributed by atoms with Crippen LogP contribution in [0.1, 0.15) is 19.3 Å². The third-order valence-corrected chi connectivity index (χ3v) is 4.19. The van der Waals surface area contributed by atoms with Gasteiger partial charge in [-0.3, -0.25) is 0 Å². The molecule has 0 aliphatic heterocycles. The van der Waals surface area contributed by atoms with Gasteiger partial charge in [0.05, 0.1) is 6.20 Å². The summed E-state index contributed by atoms with van der Waals surface area (Å²) in [5.74, 6) is 2.15. The van der Waals surface area contributed by atoms with Crippen molar-refractivity contribution < 1.29 is 9.84 Å². The molecule has 1 heterocycles. The third-order valence-electron chi connectivity index (χ3n) is 3.94. The Kier molecular flexibility index (Phi) is 4.75. The second kappa shape index (κ2) is 6.94. The second-order valence-corrected chi connectivity index (χ2v) is 5.85. The molecule has 1 saturated carbocycles.